The molecule has 32 heavy (non-hydrogen) atoms. The maximum Gasteiger partial charge on any atom is 0.258 e. The topological polar surface area (TPSA) is 87.8 Å². The van der Waals surface area contributed by atoms with E-state index in [9.17, 15) is 9.59 Å². The number of aromatic amines is 1. The highest BCUT2D eigenvalue weighted by molar-refractivity contribution is 5.79. The molecule has 0 radical (unpaired) electrons. The Morgan fingerprint density at radius 1 is 1.19 bits per heavy atom. The number of fused-ring (bicyclic) bond motifs is 2. The molecule has 1 atom stereocenters. The Morgan fingerprint density at radius 3 is 2.88 bits per heavy atom. The summed E-state index contributed by atoms with van der Waals surface area (Å²) in [6.07, 6.45) is 1.89. The minimum absolute atomic E-state index is 0.0327. The van der Waals surface area contributed by atoms with Gasteiger partial charge >= 0.3 is 0 Å². The zero-order valence-corrected chi connectivity index (χ0v) is 18.0. The molecule has 1 N–H and O–H groups in total. The average molecular weight is 434 g/mol. The standard InChI is InChI=1S/C24H26N4O4/c1-27(14-22-25-18-6-3-2-5-17(18)24(30)26-22)15-23(29)28-10-4-7-19(28)16-8-9-20-21(13-16)32-12-11-31-20/h2-3,5-6,8-9,13,19H,4,7,10-12,14-15H2,1H3,(H,25,26,30). The van der Waals surface area contributed by atoms with E-state index in [-0.39, 0.29) is 24.1 Å². The van der Waals surface area contributed by atoms with Gasteiger partial charge in [-0.3, -0.25) is 14.5 Å². The van der Waals surface area contributed by atoms with Gasteiger partial charge in [-0.05, 0) is 49.7 Å². The van der Waals surface area contributed by atoms with Crippen LogP contribution in [-0.2, 0) is 11.3 Å². The number of para-hydroxylation sites is 1. The van der Waals surface area contributed by atoms with Crippen LogP contribution in [0.5, 0.6) is 11.5 Å². The second kappa shape index (κ2) is 8.63. The van der Waals surface area contributed by atoms with Crippen LogP contribution in [0.2, 0.25) is 0 Å². The van der Waals surface area contributed by atoms with Crippen LogP contribution in [-0.4, -0.2) is 59.0 Å². The van der Waals surface area contributed by atoms with Gasteiger partial charge in [0, 0.05) is 6.54 Å². The molecule has 8 heteroatoms. The number of hydrogen-bond acceptors (Lipinski definition) is 6. The fourth-order valence-corrected chi connectivity index (χ4v) is 4.52. The SMILES string of the molecule is CN(CC(=O)N1CCCC1c1ccc2c(c1)OCCO2)Cc1nc2ccccc2c(=O)[nH]1. The number of H-pyrrole nitrogens is 1. The Labute approximate surface area is 185 Å². The molecule has 0 bridgehead atoms. The van der Waals surface area contributed by atoms with Gasteiger partial charge in [-0.25, -0.2) is 4.98 Å². The maximum atomic E-state index is 13.1. The summed E-state index contributed by atoms with van der Waals surface area (Å²) >= 11 is 0. The Morgan fingerprint density at radius 2 is 2.00 bits per heavy atom. The number of nitrogens with one attached hydrogen (secondary N) is 1. The lowest BCUT2D eigenvalue weighted by molar-refractivity contribution is -0.133. The molecular weight excluding hydrogens is 408 g/mol. The molecule has 0 saturated carbocycles. The van der Waals surface area contributed by atoms with Gasteiger partial charge in [-0.1, -0.05) is 18.2 Å². The fraction of sp³-hybridized carbons (Fsp3) is 0.375. The minimum atomic E-state index is -0.163. The highest BCUT2D eigenvalue weighted by atomic mass is 16.6. The number of aromatic nitrogens is 2. The van der Waals surface area contributed by atoms with Crippen molar-refractivity contribution in [1.29, 1.82) is 0 Å². The van der Waals surface area contributed by atoms with E-state index in [0.29, 0.717) is 36.5 Å². The van der Waals surface area contributed by atoms with Crippen molar-refractivity contribution < 1.29 is 14.3 Å². The number of likely N-dealkylation sites (tertiary alicyclic amines) is 1. The summed E-state index contributed by atoms with van der Waals surface area (Å²) in [4.78, 5) is 36.6. The van der Waals surface area contributed by atoms with Crippen LogP contribution in [0, 0.1) is 0 Å². The summed E-state index contributed by atoms with van der Waals surface area (Å²) in [5, 5.41) is 0.564. The smallest absolute Gasteiger partial charge is 0.258 e. The molecule has 166 valence electrons. The number of carbonyl (C=O) groups excluding carboxylic acids is 1. The Balaban J connectivity index is 1.27. The first kappa shape index (κ1) is 20.5. The van der Waals surface area contributed by atoms with E-state index in [0.717, 1.165) is 36.4 Å². The van der Waals surface area contributed by atoms with Crippen LogP contribution < -0.4 is 15.0 Å². The van der Waals surface area contributed by atoms with Gasteiger partial charge < -0.3 is 19.4 Å². The first-order valence-corrected chi connectivity index (χ1v) is 10.9. The molecule has 3 heterocycles. The molecule has 2 aromatic carbocycles. The first-order chi connectivity index (χ1) is 15.6. The van der Waals surface area contributed by atoms with Gasteiger partial charge in [0.25, 0.3) is 5.56 Å². The van der Waals surface area contributed by atoms with Crippen molar-refractivity contribution in [2.75, 3.05) is 33.4 Å². The molecule has 1 aromatic heterocycles. The number of carbonyl (C=O) groups is 1. The Bertz CT molecular complexity index is 1210. The molecule has 5 rings (SSSR count). The monoisotopic (exact) mass is 434 g/mol. The molecule has 2 aliphatic heterocycles. The van der Waals surface area contributed by atoms with Crippen LogP contribution in [0.25, 0.3) is 10.9 Å². The summed E-state index contributed by atoms with van der Waals surface area (Å²) in [7, 11) is 1.86. The van der Waals surface area contributed by atoms with E-state index in [4.69, 9.17) is 9.47 Å². The van der Waals surface area contributed by atoms with Gasteiger partial charge in [0.05, 0.1) is 30.0 Å². The second-order valence-corrected chi connectivity index (χ2v) is 8.35. The van der Waals surface area contributed by atoms with Crippen molar-refractivity contribution in [3.8, 4) is 11.5 Å². The number of benzene rings is 2. The number of amides is 1. The normalized spacial score (nSPS) is 17.8. The molecular formula is C24H26N4O4. The molecule has 8 nitrogen and oxygen atoms in total. The van der Waals surface area contributed by atoms with Crippen molar-refractivity contribution in [3.05, 3.63) is 64.2 Å². The number of rotatable bonds is 5. The van der Waals surface area contributed by atoms with Gasteiger partial charge in [-0.15, -0.1) is 0 Å². The zero-order valence-electron chi connectivity index (χ0n) is 18.0. The molecule has 0 aliphatic carbocycles. The van der Waals surface area contributed by atoms with Crippen molar-refractivity contribution in [1.82, 2.24) is 19.8 Å². The molecule has 1 saturated heterocycles. The lowest BCUT2D eigenvalue weighted by atomic mass is 10.0. The largest absolute Gasteiger partial charge is 0.486 e. The van der Waals surface area contributed by atoms with Gasteiger partial charge in [0.1, 0.15) is 19.0 Å². The quantitative estimate of drug-likeness (QED) is 0.664. The predicted molar refractivity (Wildman–Crippen MR) is 120 cm³/mol. The predicted octanol–water partition coefficient (Wildman–Crippen LogP) is 2.49. The van der Waals surface area contributed by atoms with Crippen LogP contribution in [0.3, 0.4) is 0 Å². The zero-order chi connectivity index (χ0) is 22.1. The van der Waals surface area contributed by atoms with E-state index in [2.05, 4.69) is 9.97 Å². The Kier molecular flexibility index (Phi) is 5.53. The maximum absolute atomic E-state index is 13.1. The van der Waals surface area contributed by atoms with Crippen LogP contribution in [0.15, 0.2) is 47.3 Å². The third kappa shape index (κ3) is 4.05. The molecule has 1 amide bonds. The number of nitrogens with zero attached hydrogens (tertiary/aromatic N) is 3. The Hall–Kier alpha value is -3.39. The van der Waals surface area contributed by atoms with E-state index in [1.165, 1.54) is 0 Å². The summed E-state index contributed by atoms with van der Waals surface area (Å²) in [6, 6.07) is 13.2. The van der Waals surface area contributed by atoms with Gasteiger partial charge in [0.15, 0.2) is 11.5 Å². The van der Waals surface area contributed by atoms with Crippen LogP contribution in [0.1, 0.15) is 30.3 Å². The van der Waals surface area contributed by atoms with Crippen molar-refractivity contribution in [2.24, 2.45) is 0 Å². The van der Waals surface area contributed by atoms with E-state index in [1.54, 1.807) is 6.07 Å². The lowest BCUT2D eigenvalue weighted by Crippen LogP contribution is -2.38. The summed E-state index contributed by atoms with van der Waals surface area (Å²) < 4.78 is 11.3. The van der Waals surface area contributed by atoms with Crippen LogP contribution in [0.4, 0.5) is 0 Å². The fourth-order valence-electron chi connectivity index (χ4n) is 4.52. The lowest BCUT2D eigenvalue weighted by Gasteiger charge is -2.28. The molecule has 0 spiro atoms. The van der Waals surface area contributed by atoms with E-state index >= 15 is 0 Å². The van der Waals surface area contributed by atoms with Crippen molar-refractivity contribution in [3.63, 3.8) is 0 Å². The van der Waals surface area contributed by atoms with Gasteiger partial charge in [-0.2, -0.15) is 0 Å². The first-order valence-electron chi connectivity index (χ1n) is 10.9. The highest BCUT2D eigenvalue weighted by Crippen LogP contribution is 2.38. The molecule has 1 unspecified atom stereocenters. The summed E-state index contributed by atoms with van der Waals surface area (Å²) in [5.41, 5.74) is 1.57. The summed E-state index contributed by atoms with van der Waals surface area (Å²) in [6.45, 7) is 2.46. The van der Waals surface area contributed by atoms with Crippen LogP contribution >= 0.6 is 0 Å². The van der Waals surface area contributed by atoms with Crippen molar-refractivity contribution >= 4 is 16.8 Å². The minimum Gasteiger partial charge on any atom is -0.486 e. The van der Waals surface area contributed by atoms with Gasteiger partial charge in [0.2, 0.25) is 5.91 Å². The van der Waals surface area contributed by atoms with E-state index < -0.39 is 0 Å². The molecule has 3 aromatic rings. The highest BCUT2D eigenvalue weighted by Gasteiger charge is 2.31. The average Bonchev–Trinajstić information content (AvgIpc) is 3.29. The molecule has 2 aliphatic rings. The van der Waals surface area contributed by atoms with Crippen molar-refractivity contribution in [2.45, 2.75) is 25.4 Å². The third-order valence-corrected chi connectivity index (χ3v) is 6.01. The summed E-state index contributed by atoms with van der Waals surface area (Å²) in [5.74, 6) is 2.12. The number of likely N-dealkylation sites (N-methyl/N-ethyl adjacent to an activating group) is 1. The second-order valence-electron chi connectivity index (χ2n) is 8.35. The van der Waals surface area contributed by atoms with E-state index in [1.807, 2.05) is 53.2 Å². The number of ether oxygens (including phenoxy) is 2. The molecule has 1 fully saturated rings. The third-order valence-electron chi connectivity index (χ3n) is 6.01. The number of hydrogen-bond donors (Lipinski definition) is 1.